The molecule has 0 atom stereocenters. The predicted octanol–water partition coefficient (Wildman–Crippen LogP) is 2.22. The lowest BCUT2D eigenvalue weighted by atomic mass is 10.2. The van der Waals surface area contributed by atoms with Gasteiger partial charge in [-0.2, -0.15) is 5.10 Å². The van der Waals surface area contributed by atoms with Gasteiger partial charge in [0.05, 0.1) is 11.1 Å². The standard InChI is InChI=1S/C15H17N5O3/c1-3-7-16-15(21)14-13(10-18-19(14)2)17-9-11-5-4-6-12(8-11)20(22)23/h4-6,8-10H,3,7H2,1-2H3,(H,16,21). The second-order valence-electron chi connectivity index (χ2n) is 4.87. The second kappa shape index (κ2) is 7.30. The van der Waals surface area contributed by atoms with E-state index in [4.69, 9.17) is 0 Å². The van der Waals surface area contributed by atoms with Crippen molar-refractivity contribution in [2.75, 3.05) is 6.54 Å². The molecule has 1 aromatic carbocycles. The minimum Gasteiger partial charge on any atom is -0.351 e. The monoisotopic (exact) mass is 315 g/mol. The number of aliphatic imine (C=N–C) groups is 1. The van der Waals surface area contributed by atoms with Crippen LogP contribution in [0.15, 0.2) is 35.5 Å². The number of carbonyl (C=O) groups is 1. The van der Waals surface area contributed by atoms with Crippen molar-refractivity contribution in [1.82, 2.24) is 15.1 Å². The molecule has 1 amide bonds. The molecule has 23 heavy (non-hydrogen) atoms. The van der Waals surface area contributed by atoms with Crippen LogP contribution in [0, 0.1) is 10.1 Å². The maximum Gasteiger partial charge on any atom is 0.271 e. The van der Waals surface area contributed by atoms with Crippen molar-refractivity contribution >= 4 is 23.5 Å². The van der Waals surface area contributed by atoms with E-state index < -0.39 is 4.92 Å². The Kier molecular flexibility index (Phi) is 5.19. The van der Waals surface area contributed by atoms with Gasteiger partial charge in [0, 0.05) is 31.9 Å². The van der Waals surface area contributed by atoms with Crippen molar-refractivity contribution in [3.05, 3.63) is 51.8 Å². The molecule has 0 fully saturated rings. The minimum absolute atomic E-state index is 0.0129. The molecule has 8 nitrogen and oxygen atoms in total. The molecule has 120 valence electrons. The summed E-state index contributed by atoms with van der Waals surface area (Å²) in [6.07, 6.45) is 3.78. The highest BCUT2D eigenvalue weighted by atomic mass is 16.6. The van der Waals surface area contributed by atoms with Crippen LogP contribution in [0.25, 0.3) is 0 Å². The van der Waals surface area contributed by atoms with E-state index in [1.807, 2.05) is 6.92 Å². The summed E-state index contributed by atoms with van der Waals surface area (Å²) in [4.78, 5) is 26.7. The first-order valence-corrected chi connectivity index (χ1v) is 7.11. The largest absolute Gasteiger partial charge is 0.351 e. The second-order valence-corrected chi connectivity index (χ2v) is 4.87. The van der Waals surface area contributed by atoms with Crippen LogP contribution in [-0.4, -0.2) is 33.4 Å². The number of rotatable bonds is 6. The summed E-state index contributed by atoms with van der Waals surface area (Å²) in [7, 11) is 1.66. The molecule has 0 saturated carbocycles. The molecule has 0 aliphatic heterocycles. The van der Waals surface area contributed by atoms with Crippen molar-refractivity contribution in [3.63, 3.8) is 0 Å². The normalized spacial score (nSPS) is 10.9. The number of carbonyl (C=O) groups excluding carboxylic acids is 1. The lowest BCUT2D eigenvalue weighted by Gasteiger charge is -2.04. The zero-order valence-electron chi connectivity index (χ0n) is 12.9. The fourth-order valence-corrected chi connectivity index (χ4v) is 1.97. The smallest absolute Gasteiger partial charge is 0.271 e. The fraction of sp³-hybridized carbons (Fsp3) is 0.267. The number of nitro groups is 1. The van der Waals surface area contributed by atoms with Gasteiger partial charge in [0.1, 0.15) is 5.69 Å². The molecule has 1 heterocycles. The van der Waals surface area contributed by atoms with E-state index in [0.29, 0.717) is 23.5 Å². The zero-order valence-corrected chi connectivity index (χ0v) is 12.9. The quantitative estimate of drug-likeness (QED) is 0.501. The third kappa shape index (κ3) is 4.00. The molecule has 0 aliphatic carbocycles. The van der Waals surface area contributed by atoms with E-state index in [1.54, 1.807) is 19.2 Å². The molecule has 2 aromatic rings. The molecular formula is C15H17N5O3. The highest BCUT2D eigenvalue weighted by molar-refractivity contribution is 5.98. The molecule has 0 spiro atoms. The summed E-state index contributed by atoms with van der Waals surface area (Å²) in [5.41, 5.74) is 1.32. The first-order chi connectivity index (χ1) is 11.0. The van der Waals surface area contributed by atoms with Crippen molar-refractivity contribution in [1.29, 1.82) is 0 Å². The Morgan fingerprint density at radius 3 is 3.00 bits per heavy atom. The molecule has 1 aromatic heterocycles. The molecule has 1 N–H and O–H groups in total. The van der Waals surface area contributed by atoms with Gasteiger partial charge in [0.15, 0.2) is 5.69 Å². The number of hydrogen-bond donors (Lipinski definition) is 1. The van der Waals surface area contributed by atoms with Crippen LogP contribution < -0.4 is 5.32 Å². The number of hydrogen-bond acceptors (Lipinski definition) is 5. The van der Waals surface area contributed by atoms with Crippen LogP contribution in [0.5, 0.6) is 0 Å². The van der Waals surface area contributed by atoms with Gasteiger partial charge in [-0.3, -0.25) is 24.6 Å². The van der Waals surface area contributed by atoms with Gasteiger partial charge in [-0.05, 0) is 12.0 Å². The lowest BCUT2D eigenvalue weighted by molar-refractivity contribution is -0.384. The van der Waals surface area contributed by atoms with Crippen molar-refractivity contribution in [3.8, 4) is 0 Å². The van der Waals surface area contributed by atoms with Gasteiger partial charge in [0.25, 0.3) is 11.6 Å². The molecule has 2 rings (SSSR count). The van der Waals surface area contributed by atoms with E-state index in [-0.39, 0.29) is 11.6 Å². The third-order valence-corrected chi connectivity index (χ3v) is 3.10. The van der Waals surface area contributed by atoms with Crippen LogP contribution in [0.3, 0.4) is 0 Å². The van der Waals surface area contributed by atoms with Crippen molar-refractivity contribution in [2.24, 2.45) is 12.0 Å². The van der Waals surface area contributed by atoms with Crippen molar-refractivity contribution in [2.45, 2.75) is 13.3 Å². The zero-order chi connectivity index (χ0) is 16.8. The Balaban J connectivity index is 2.25. The molecule has 0 saturated heterocycles. The summed E-state index contributed by atoms with van der Waals surface area (Å²) in [5.74, 6) is -0.252. The maximum absolute atomic E-state index is 12.1. The summed E-state index contributed by atoms with van der Waals surface area (Å²) in [5, 5.41) is 17.6. The number of amides is 1. The maximum atomic E-state index is 12.1. The van der Waals surface area contributed by atoms with Gasteiger partial charge < -0.3 is 5.32 Å². The number of nitrogens with one attached hydrogen (secondary N) is 1. The van der Waals surface area contributed by atoms with Crippen LogP contribution in [0.4, 0.5) is 11.4 Å². The number of aromatic nitrogens is 2. The Morgan fingerprint density at radius 1 is 1.52 bits per heavy atom. The van der Waals surface area contributed by atoms with Gasteiger partial charge >= 0.3 is 0 Å². The number of nitro benzene ring substituents is 1. The average molecular weight is 315 g/mol. The van der Waals surface area contributed by atoms with Gasteiger partial charge in [-0.1, -0.05) is 19.1 Å². The Hall–Kier alpha value is -3.03. The van der Waals surface area contributed by atoms with Crippen LogP contribution in [0.2, 0.25) is 0 Å². The first-order valence-electron chi connectivity index (χ1n) is 7.11. The highest BCUT2D eigenvalue weighted by Gasteiger charge is 2.15. The molecule has 0 aliphatic rings. The number of aryl methyl sites for hydroxylation is 1. The van der Waals surface area contributed by atoms with Crippen LogP contribution in [-0.2, 0) is 7.05 Å². The van der Waals surface area contributed by atoms with E-state index in [0.717, 1.165) is 6.42 Å². The number of nitrogens with zero attached hydrogens (tertiary/aromatic N) is 4. The Bertz CT molecular complexity index is 751. The van der Waals surface area contributed by atoms with E-state index >= 15 is 0 Å². The Labute approximate surface area is 133 Å². The Morgan fingerprint density at radius 2 is 2.30 bits per heavy atom. The molecule has 0 radical (unpaired) electrons. The molecule has 8 heteroatoms. The summed E-state index contributed by atoms with van der Waals surface area (Å²) >= 11 is 0. The van der Waals surface area contributed by atoms with Gasteiger partial charge in [0.2, 0.25) is 0 Å². The predicted molar refractivity (Wildman–Crippen MR) is 86.2 cm³/mol. The van der Waals surface area contributed by atoms with Gasteiger partial charge in [-0.25, -0.2) is 0 Å². The lowest BCUT2D eigenvalue weighted by Crippen LogP contribution is -2.26. The average Bonchev–Trinajstić information content (AvgIpc) is 2.91. The SMILES string of the molecule is CCCNC(=O)c1c(N=Cc2cccc([N+](=O)[O-])c2)cnn1C. The summed E-state index contributed by atoms with van der Waals surface area (Å²) < 4.78 is 1.45. The van der Waals surface area contributed by atoms with Gasteiger partial charge in [-0.15, -0.1) is 0 Å². The number of benzene rings is 1. The van der Waals surface area contributed by atoms with E-state index in [1.165, 1.54) is 29.2 Å². The molecule has 0 unspecified atom stereocenters. The van der Waals surface area contributed by atoms with E-state index in [9.17, 15) is 14.9 Å². The highest BCUT2D eigenvalue weighted by Crippen LogP contribution is 2.18. The summed E-state index contributed by atoms with van der Waals surface area (Å²) in [6, 6.07) is 6.10. The number of non-ortho nitro benzene ring substituents is 1. The first kappa shape index (κ1) is 16.3. The van der Waals surface area contributed by atoms with E-state index in [2.05, 4.69) is 15.4 Å². The molecule has 0 bridgehead atoms. The van der Waals surface area contributed by atoms with Crippen LogP contribution >= 0.6 is 0 Å². The topological polar surface area (TPSA) is 102 Å². The third-order valence-electron chi connectivity index (χ3n) is 3.10. The minimum atomic E-state index is -0.467. The fourth-order valence-electron chi connectivity index (χ4n) is 1.97. The summed E-state index contributed by atoms with van der Waals surface area (Å²) in [6.45, 7) is 2.53. The van der Waals surface area contributed by atoms with Crippen molar-refractivity contribution < 1.29 is 9.72 Å². The molecular weight excluding hydrogens is 298 g/mol. The van der Waals surface area contributed by atoms with Crippen LogP contribution in [0.1, 0.15) is 29.4 Å².